The van der Waals surface area contributed by atoms with Crippen LogP contribution in [0.2, 0.25) is 0 Å². The van der Waals surface area contributed by atoms with Gasteiger partial charge in [-0.1, -0.05) is 23.4 Å². The third kappa shape index (κ3) is 1.82. The Balaban J connectivity index is 1.77. The largest absolute Gasteiger partial charge is 0.305 e. The third-order valence-electron chi connectivity index (χ3n) is 4.28. The second-order valence-electron chi connectivity index (χ2n) is 5.77. The summed E-state index contributed by atoms with van der Waals surface area (Å²) in [5, 5.41) is 8.08. The van der Waals surface area contributed by atoms with Gasteiger partial charge in [-0.15, -0.1) is 5.10 Å². The van der Waals surface area contributed by atoms with Crippen LogP contribution in [0.1, 0.15) is 22.8 Å². The molecule has 1 aromatic heterocycles. The van der Waals surface area contributed by atoms with E-state index in [1.54, 1.807) is 4.68 Å². The first-order valence-corrected chi connectivity index (χ1v) is 7.36. The fourth-order valence-electron chi connectivity index (χ4n) is 3.19. The summed E-state index contributed by atoms with van der Waals surface area (Å²) in [5.41, 5.74) is 4.56. The second kappa shape index (κ2) is 4.66. The smallest absolute Gasteiger partial charge is 0.258 e. The molecular weight excluding hydrogens is 276 g/mol. The lowest BCUT2D eigenvalue weighted by Gasteiger charge is -2.22. The summed E-state index contributed by atoms with van der Waals surface area (Å²) in [7, 11) is 1.84. The molecule has 110 valence electrons. The SMILES string of the molecule is C[C@@H]1Cc2ccccc2N1C(=O)c1ccc2c(c1)nnn2C. The number of carbonyl (C=O) groups is 1. The molecule has 0 unspecified atom stereocenters. The van der Waals surface area contributed by atoms with Crippen LogP contribution in [-0.2, 0) is 13.5 Å². The molecule has 1 aliphatic heterocycles. The van der Waals surface area contributed by atoms with Gasteiger partial charge in [0.15, 0.2) is 0 Å². The molecule has 0 fully saturated rings. The van der Waals surface area contributed by atoms with Crippen LogP contribution < -0.4 is 4.90 Å². The number of hydrogen-bond acceptors (Lipinski definition) is 3. The molecule has 2 aromatic carbocycles. The fraction of sp³-hybridized carbons (Fsp3) is 0.235. The van der Waals surface area contributed by atoms with Crippen LogP contribution in [0.4, 0.5) is 5.69 Å². The third-order valence-corrected chi connectivity index (χ3v) is 4.28. The molecule has 0 saturated heterocycles. The summed E-state index contributed by atoms with van der Waals surface area (Å²) >= 11 is 0. The molecule has 2 heterocycles. The number of aryl methyl sites for hydroxylation is 1. The molecule has 0 aliphatic carbocycles. The van der Waals surface area contributed by atoms with Crippen molar-refractivity contribution in [2.75, 3.05) is 4.90 Å². The van der Waals surface area contributed by atoms with Gasteiger partial charge >= 0.3 is 0 Å². The number of nitrogens with zero attached hydrogens (tertiary/aromatic N) is 4. The van der Waals surface area contributed by atoms with E-state index in [1.165, 1.54) is 5.56 Å². The molecule has 1 aliphatic rings. The normalized spacial score (nSPS) is 17.0. The molecule has 1 amide bonds. The highest BCUT2D eigenvalue weighted by Crippen LogP contribution is 2.33. The van der Waals surface area contributed by atoms with Gasteiger partial charge < -0.3 is 4.90 Å². The molecule has 5 nitrogen and oxygen atoms in total. The molecule has 0 spiro atoms. The van der Waals surface area contributed by atoms with Gasteiger partial charge in [0, 0.05) is 24.3 Å². The Bertz CT molecular complexity index is 883. The molecule has 5 heteroatoms. The molecule has 0 radical (unpaired) electrons. The summed E-state index contributed by atoms with van der Waals surface area (Å²) < 4.78 is 1.71. The van der Waals surface area contributed by atoms with E-state index in [2.05, 4.69) is 23.3 Å². The molecule has 4 rings (SSSR count). The molecule has 0 saturated carbocycles. The van der Waals surface area contributed by atoms with E-state index in [0.717, 1.165) is 23.1 Å². The summed E-state index contributed by atoms with van der Waals surface area (Å²) in [6, 6.07) is 13.8. The van der Waals surface area contributed by atoms with Gasteiger partial charge in [0.2, 0.25) is 0 Å². The predicted molar refractivity (Wildman–Crippen MR) is 84.9 cm³/mol. The van der Waals surface area contributed by atoms with Gasteiger partial charge in [0.05, 0.1) is 5.52 Å². The highest BCUT2D eigenvalue weighted by molar-refractivity contribution is 6.09. The summed E-state index contributed by atoms with van der Waals surface area (Å²) in [4.78, 5) is 14.8. The predicted octanol–water partition coefficient (Wildman–Crippen LogP) is 2.56. The lowest BCUT2D eigenvalue weighted by atomic mass is 10.1. The van der Waals surface area contributed by atoms with Crippen LogP contribution >= 0.6 is 0 Å². The zero-order chi connectivity index (χ0) is 15.3. The zero-order valence-corrected chi connectivity index (χ0v) is 12.5. The van der Waals surface area contributed by atoms with Crippen molar-refractivity contribution in [3.05, 3.63) is 53.6 Å². The highest BCUT2D eigenvalue weighted by atomic mass is 16.2. The van der Waals surface area contributed by atoms with Gasteiger partial charge in [-0.25, -0.2) is 4.68 Å². The average molecular weight is 292 g/mol. The van der Waals surface area contributed by atoms with Gasteiger partial charge in [-0.05, 0) is 43.2 Å². The molecule has 0 N–H and O–H groups in total. The minimum Gasteiger partial charge on any atom is -0.305 e. The van der Waals surface area contributed by atoms with Crippen LogP contribution in [0.3, 0.4) is 0 Å². The first-order chi connectivity index (χ1) is 10.6. The Hall–Kier alpha value is -2.69. The standard InChI is InChI=1S/C17H16N4O/c1-11-9-12-5-3-4-6-15(12)21(11)17(22)13-7-8-16-14(10-13)18-19-20(16)2/h3-8,10-11H,9H2,1-2H3/t11-/m1/s1. The Morgan fingerprint density at radius 2 is 2.05 bits per heavy atom. The number of benzene rings is 2. The van der Waals surface area contributed by atoms with Gasteiger partial charge in [0.25, 0.3) is 5.91 Å². The number of anilines is 1. The lowest BCUT2D eigenvalue weighted by Crippen LogP contribution is -2.35. The number of fused-ring (bicyclic) bond motifs is 2. The minimum absolute atomic E-state index is 0.0185. The number of amides is 1. The number of aromatic nitrogens is 3. The van der Waals surface area contributed by atoms with Crippen molar-refractivity contribution in [2.24, 2.45) is 7.05 Å². The van der Waals surface area contributed by atoms with Gasteiger partial charge in [-0.3, -0.25) is 4.79 Å². The van der Waals surface area contributed by atoms with Crippen molar-refractivity contribution in [3.63, 3.8) is 0 Å². The highest BCUT2D eigenvalue weighted by Gasteiger charge is 2.31. The fourth-order valence-corrected chi connectivity index (χ4v) is 3.19. The number of rotatable bonds is 1. The van der Waals surface area contributed by atoms with Crippen molar-refractivity contribution >= 4 is 22.6 Å². The molecule has 3 aromatic rings. The minimum atomic E-state index is 0.0185. The number of hydrogen-bond donors (Lipinski definition) is 0. The maximum Gasteiger partial charge on any atom is 0.258 e. The quantitative estimate of drug-likeness (QED) is 0.692. The molecule has 1 atom stereocenters. The Morgan fingerprint density at radius 3 is 2.91 bits per heavy atom. The maximum absolute atomic E-state index is 12.9. The van der Waals surface area contributed by atoms with Crippen molar-refractivity contribution in [2.45, 2.75) is 19.4 Å². The molecular formula is C17H16N4O. The lowest BCUT2D eigenvalue weighted by molar-refractivity contribution is 0.0981. The van der Waals surface area contributed by atoms with Crippen molar-refractivity contribution in [1.82, 2.24) is 15.0 Å². The molecule has 0 bridgehead atoms. The number of carbonyl (C=O) groups excluding carboxylic acids is 1. The summed E-state index contributed by atoms with van der Waals surface area (Å²) in [6.45, 7) is 2.08. The zero-order valence-electron chi connectivity index (χ0n) is 12.5. The van der Waals surface area contributed by atoms with Crippen LogP contribution in [0.15, 0.2) is 42.5 Å². The average Bonchev–Trinajstić information content (AvgIpc) is 3.06. The topological polar surface area (TPSA) is 51.0 Å². The summed E-state index contributed by atoms with van der Waals surface area (Å²) in [6.07, 6.45) is 0.898. The summed E-state index contributed by atoms with van der Waals surface area (Å²) in [5.74, 6) is 0.0185. The van der Waals surface area contributed by atoms with Gasteiger partial charge in [-0.2, -0.15) is 0 Å². The van der Waals surface area contributed by atoms with Crippen LogP contribution in [0.5, 0.6) is 0 Å². The van der Waals surface area contributed by atoms with Crippen LogP contribution in [0.25, 0.3) is 11.0 Å². The van der Waals surface area contributed by atoms with Gasteiger partial charge in [0.1, 0.15) is 5.52 Å². The van der Waals surface area contributed by atoms with E-state index < -0.39 is 0 Å². The van der Waals surface area contributed by atoms with Crippen LogP contribution in [-0.4, -0.2) is 26.9 Å². The van der Waals surface area contributed by atoms with Crippen molar-refractivity contribution < 1.29 is 4.79 Å². The van der Waals surface area contributed by atoms with E-state index in [1.807, 2.05) is 48.3 Å². The monoisotopic (exact) mass is 292 g/mol. The van der Waals surface area contributed by atoms with E-state index >= 15 is 0 Å². The Kier molecular flexibility index (Phi) is 2.76. The number of para-hydroxylation sites is 1. The van der Waals surface area contributed by atoms with Crippen molar-refractivity contribution in [3.8, 4) is 0 Å². The van der Waals surface area contributed by atoms with Crippen molar-refractivity contribution in [1.29, 1.82) is 0 Å². The first-order valence-electron chi connectivity index (χ1n) is 7.36. The van der Waals surface area contributed by atoms with E-state index in [0.29, 0.717) is 5.56 Å². The maximum atomic E-state index is 12.9. The second-order valence-corrected chi connectivity index (χ2v) is 5.77. The Labute approximate surface area is 128 Å². The van der Waals surface area contributed by atoms with E-state index in [4.69, 9.17) is 0 Å². The van der Waals surface area contributed by atoms with Crippen LogP contribution in [0, 0.1) is 0 Å². The first kappa shape index (κ1) is 13.0. The van der Waals surface area contributed by atoms with E-state index in [9.17, 15) is 4.79 Å². The molecule has 22 heavy (non-hydrogen) atoms. The Morgan fingerprint density at radius 1 is 1.23 bits per heavy atom. The van der Waals surface area contributed by atoms with E-state index in [-0.39, 0.29) is 11.9 Å².